The zero-order chi connectivity index (χ0) is 25.1. The van der Waals surface area contributed by atoms with Gasteiger partial charge in [-0.05, 0) is 86.8 Å². The monoisotopic (exact) mass is 484 g/mol. The van der Waals surface area contributed by atoms with E-state index in [1.54, 1.807) is 12.2 Å². The van der Waals surface area contributed by atoms with Crippen molar-refractivity contribution in [1.29, 1.82) is 0 Å². The van der Waals surface area contributed by atoms with Crippen LogP contribution >= 0.6 is 0 Å². The Labute approximate surface area is 205 Å². The molecule has 6 rings (SSSR count). The highest BCUT2D eigenvalue weighted by Gasteiger charge is 2.77. The molecule has 0 aromatic carbocycles. The van der Waals surface area contributed by atoms with E-state index in [9.17, 15) is 24.9 Å². The zero-order valence-electron chi connectivity index (χ0n) is 20.9. The summed E-state index contributed by atoms with van der Waals surface area (Å²) in [6.07, 6.45) is 4.94. The molecule has 4 fully saturated rings. The SMILES string of the molecule is CC1=C(CO)C(=O)O[C@@H](/C(C)=C2\[C@H](O)C[C@H]3[C@@H]4[C@@H]5O[C@@H]5[C@@]5(O)CC=CC(=O)[C@]5(C)[C@H]4CC[C@]23C)C1. The Kier molecular flexibility index (Phi) is 4.97. The van der Waals surface area contributed by atoms with E-state index in [0.717, 1.165) is 29.6 Å². The van der Waals surface area contributed by atoms with Crippen LogP contribution in [0.4, 0.5) is 0 Å². The third kappa shape index (κ3) is 2.81. The molecule has 0 spiro atoms. The number of epoxide rings is 1. The fourth-order valence-corrected chi connectivity index (χ4v) is 8.97. The lowest BCUT2D eigenvalue weighted by atomic mass is 9.44. The summed E-state index contributed by atoms with van der Waals surface area (Å²) in [6.45, 7) is 7.61. The number of allylic oxidation sites excluding steroid dienone is 1. The first-order valence-electron chi connectivity index (χ1n) is 13.0. The maximum absolute atomic E-state index is 13.3. The number of aliphatic hydroxyl groups is 3. The summed E-state index contributed by atoms with van der Waals surface area (Å²) in [7, 11) is 0. The van der Waals surface area contributed by atoms with Crippen LogP contribution in [0.25, 0.3) is 0 Å². The number of hydrogen-bond acceptors (Lipinski definition) is 7. The number of aliphatic hydroxyl groups excluding tert-OH is 2. The normalized spacial score (nSPS) is 51.8. The summed E-state index contributed by atoms with van der Waals surface area (Å²) in [6, 6.07) is 0. The highest BCUT2D eigenvalue weighted by molar-refractivity contribution is 5.97. The lowest BCUT2D eigenvalue weighted by Crippen LogP contribution is -2.67. The van der Waals surface area contributed by atoms with E-state index in [1.807, 2.05) is 20.8 Å². The van der Waals surface area contributed by atoms with Crippen LogP contribution in [0.2, 0.25) is 0 Å². The summed E-state index contributed by atoms with van der Waals surface area (Å²) in [5.74, 6) is -0.323. The van der Waals surface area contributed by atoms with E-state index >= 15 is 0 Å². The van der Waals surface area contributed by atoms with Crippen molar-refractivity contribution in [1.82, 2.24) is 0 Å². The number of cyclic esters (lactones) is 1. The van der Waals surface area contributed by atoms with E-state index in [-0.39, 0.29) is 47.8 Å². The standard InChI is InChI=1S/C28H36O7/c1-13-10-19(34-25(32)15(13)12-29)14(2)22-18(30)11-17-21-16(7-9-26(17,22)3)27(4)20(31)6-5-8-28(27,33)24-23(21)35-24/h5-6,16-19,21,23-24,29-30,33H,7-12H2,1-4H3/b22-14+/t16-,17-,18+,19+,21+,23-,24-,26-,27-,28-/m0/s1. The predicted octanol–water partition coefficient (Wildman–Crippen LogP) is 2.39. The first kappa shape index (κ1) is 23.6. The minimum atomic E-state index is -1.17. The second-order valence-electron chi connectivity index (χ2n) is 12.2. The summed E-state index contributed by atoms with van der Waals surface area (Å²) in [5, 5.41) is 32.6. The molecule has 0 bridgehead atoms. The molecular weight excluding hydrogens is 448 g/mol. The third-order valence-electron chi connectivity index (χ3n) is 10.9. The Balaban J connectivity index is 1.38. The number of fused-ring (bicyclic) bond motifs is 8. The molecule has 2 heterocycles. The number of ether oxygens (including phenoxy) is 2. The zero-order valence-corrected chi connectivity index (χ0v) is 20.9. The molecule has 2 aliphatic heterocycles. The number of rotatable bonds is 2. The van der Waals surface area contributed by atoms with Crippen molar-refractivity contribution < 1.29 is 34.4 Å². The molecule has 0 aromatic heterocycles. The average Bonchev–Trinajstić information content (AvgIpc) is 3.55. The van der Waals surface area contributed by atoms with Crippen LogP contribution in [-0.2, 0) is 19.1 Å². The van der Waals surface area contributed by atoms with E-state index in [1.165, 1.54) is 0 Å². The minimum Gasteiger partial charge on any atom is -0.454 e. The number of carbonyl (C=O) groups is 2. The van der Waals surface area contributed by atoms with Gasteiger partial charge in [0.05, 0.1) is 29.8 Å². The van der Waals surface area contributed by atoms with Crippen LogP contribution < -0.4 is 0 Å². The highest BCUT2D eigenvalue weighted by Crippen LogP contribution is 2.71. The van der Waals surface area contributed by atoms with Crippen molar-refractivity contribution in [2.75, 3.05) is 6.61 Å². The van der Waals surface area contributed by atoms with Gasteiger partial charge in [-0.1, -0.05) is 18.6 Å². The van der Waals surface area contributed by atoms with Crippen LogP contribution in [0.5, 0.6) is 0 Å². The van der Waals surface area contributed by atoms with Gasteiger partial charge in [-0.15, -0.1) is 0 Å². The van der Waals surface area contributed by atoms with Crippen molar-refractivity contribution in [3.8, 4) is 0 Å². The molecule has 3 saturated carbocycles. The predicted molar refractivity (Wildman–Crippen MR) is 126 cm³/mol. The highest BCUT2D eigenvalue weighted by atomic mass is 16.6. The number of carbonyl (C=O) groups excluding carboxylic acids is 2. The Bertz CT molecular complexity index is 1100. The largest absolute Gasteiger partial charge is 0.454 e. The van der Waals surface area contributed by atoms with Crippen molar-refractivity contribution in [3.63, 3.8) is 0 Å². The molecule has 7 heteroatoms. The fourth-order valence-electron chi connectivity index (χ4n) is 8.97. The smallest absolute Gasteiger partial charge is 0.336 e. The number of esters is 1. The van der Waals surface area contributed by atoms with Gasteiger partial charge in [-0.3, -0.25) is 4.79 Å². The maximum atomic E-state index is 13.3. The van der Waals surface area contributed by atoms with E-state index in [4.69, 9.17) is 9.47 Å². The molecular formula is C28H36O7. The van der Waals surface area contributed by atoms with Gasteiger partial charge in [-0.2, -0.15) is 0 Å². The van der Waals surface area contributed by atoms with Gasteiger partial charge in [0, 0.05) is 6.42 Å². The lowest BCUT2D eigenvalue weighted by molar-refractivity contribution is -0.178. The van der Waals surface area contributed by atoms with Crippen LogP contribution in [0, 0.1) is 28.6 Å². The lowest BCUT2D eigenvalue weighted by Gasteiger charge is -2.59. The van der Waals surface area contributed by atoms with Crippen LogP contribution in [-0.4, -0.2) is 63.7 Å². The molecule has 10 atom stereocenters. The van der Waals surface area contributed by atoms with Crippen molar-refractivity contribution in [2.24, 2.45) is 28.6 Å². The maximum Gasteiger partial charge on any atom is 0.336 e. The average molecular weight is 485 g/mol. The van der Waals surface area contributed by atoms with Gasteiger partial charge in [0.2, 0.25) is 0 Å². The van der Waals surface area contributed by atoms with Gasteiger partial charge >= 0.3 is 5.97 Å². The Morgan fingerprint density at radius 2 is 1.97 bits per heavy atom. The molecule has 7 nitrogen and oxygen atoms in total. The first-order chi connectivity index (χ1) is 16.5. The second kappa shape index (κ2) is 7.37. The number of hydrogen-bond donors (Lipinski definition) is 3. The van der Waals surface area contributed by atoms with Gasteiger partial charge in [0.1, 0.15) is 17.8 Å². The van der Waals surface area contributed by atoms with Gasteiger partial charge in [0.25, 0.3) is 0 Å². The molecule has 0 aromatic rings. The van der Waals surface area contributed by atoms with Crippen LogP contribution in [0.15, 0.2) is 34.4 Å². The molecule has 4 aliphatic carbocycles. The summed E-state index contributed by atoms with van der Waals surface area (Å²) < 4.78 is 11.9. The van der Waals surface area contributed by atoms with E-state index in [0.29, 0.717) is 24.8 Å². The van der Waals surface area contributed by atoms with Gasteiger partial charge < -0.3 is 24.8 Å². The summed E-state index contributed by atoms with van der Waals surface area (Å²) in [4.78, 5) is 25.7. The van der Waals surface area contributed by atoms with Crippen LogP contribution in [0.3, 0.4) is 0 Å². The Morgan fingerprint density at radius 1 is 1.23 bits per heavy atom. The molecule has 6 aliphatic rings. The molecule has 3 N–H and O–H groups in total. The van der Waals surface area contributed by atoms with Crippen molar-refractivity contribution in [3.05, 3.63) is 34.4 Å². The molecule has 0 radical (unpaired) electrons. The van der Waals surface area contributed by atoms with E-state index in [2.05, 4.69) is 6.92 Å². The van der Waals surface area contributed by atoms with Gasteiger partial charge in [0.15, 0.2) is 5.78 Å². The topological polar surface area (TPSA) is 117 Å². The molecule has 0 amide bonds. The fraction of sp³-hybridized carbons (Fsp3) is 0.714. The van der Waals surface area contributed by atoms with Gasteiger partial charge in [-0.25, -0.2) is 4.79 Å². The first-order valence-corrected chi connectivity index (χ1v) is 13.0. The minimum absolute atomic E-state index is 0.0107. The van der Waals surface area contributed by atoms with Crippen molar-refractivity contribution in [2.45, 2.75) is 89.8 Å². The number of ketones is 1. The van der Waals surface area contributed by atoms with Crippen LogP contribution in [0.1, 0.15) is 59.8 Å². The quantitative estimate of drug-likeness (QED) is 0.313. The molecule has 1 saturated heterocycles. The van der Waals surface area contributed by atoms with E-state index < -0.39 is 29.2 Å². The second-order valence-corrected chi connectivity index (χ2v) is 12.2. The molecule has 0 unspecified atom stereocenters. The Morgan fingerprint density at radius 3 is 2.66 bits per heavy atom. The Hall–Kier alpha value is -1.80. The molecule has 190 valence electrons. The third-order valence-corrected chi connectivity index (χ3v) is 10.9. The molecule has 35 heavy (non-hydrogen) atoms. The van der Waals surface area contributed by atoms with Crippen molar-refractivity contribution >= 4 is 11.8 Å². The summed E-state index contributed by atoms with van der Waals surface area (Å²) >= 11 is 0. The summed E-state index contributed by atoms with van der Waals surface area (Å²) in [5.41, 5.74) is 0.632.